The zero-order valence-corrected chi connectivity index (χ0v) is 12.5. The molecule has 1 aliphatic heterocycles. The van der Waals surface area contributed by atoms with E-state index in [4.69, 9.17) is 11.1 Å². The molecule has 0 unspecified atom stereocenters. The average Bonchev–Trinajstić information content (AvgIpc) is 2.29. The van der Waals surface area contributed by atoms with Gasteiger partial charge in [0, 0.05) is 12.0 Å². The van der Waals surface area contributed by atoms with Crippen molar-refractivity contribution in [2.24, 2.45) is 17.1 Å². The minimum atomic E-state index is -0.166. The van der Waals surface area contributed by atoms with E-state index < -0.39 is 0 Å². The molecule has 1 heterocycles. The molecule has 1 aliphatic rings. The van der Waals surface area contributed by atoms with Gasteiger partial charge in [0.1, 0.15) is 0 Å². The lowest BCUT2D eigenvalue weighted by atomic mass is 9.87. The molecule has 1 fully saturated rings. The molecular formula is C14H30N4. The summed E-state index contributed by atoms with van der Waals surface area (Å²) < 4.78 is 0. The van der Waals surface area contributed by atoms with Crippen molar-refractivity contribution in [3.05, 3.63) is 0 Å². The van der Waals surface area contributed by atoms with Crippen LogP contribution >= 0.6 is 0 Å². The second-order valence-electron chi connectivity index (χ2n) is 6.56. The Morgan fingerprint density at radius 2 is 1.94 bits per heavy atom. The maximum atomic E-state index is 7.57. The summed E-state index contributed by atoms with van der Waals surface area (Å²) >= 11 is 0. The summed E-state index contributed by atoms with van der Waals surface area (Å²) in [5, 5.41) is 7.57. The normalized spacial score (nSPS) is 19.4. The zero-order chi connectivity index (χ0) is 13.8. The van der Waals surface area contributed by atoms with Gasteiger partial charge in [-0.25, -0.2) is 0 Å². The molecular weight excluding hydrogens is 224 g/mol. The van der Waals surface area contributed by atoms with Gasteiger partial charge in [0.25, 0.3) is 0 Å². The molecule has 0 saturated carbocycles. The van der Waals surface area contributed by atoms with E-state index in [-0.39, 0.29) is 5.41 Å². The van der Waals surface area contributed by atoms with E-state index in [1.165, 1.54) is 32.5 Å². The predicted molar refractivity (Wildman–Crippen MR) is 78.0 cm³/mol. The van der Waals surface area contributed by atoms with Crippen LogP contribution in [0.4, 0.5) is 0 Å². The number of piperidine rings is 1. The summed E-state index contributed by atoms with van der Waals surface area (Å²) in [6.45, 7) is 8.78. The standard InChI is InChI=1S/C14H30N4/c1-14(2,13(15)16)7-10-18(4)11-12-5-8-17(3)9-6-12/h12H,5-11H2,1-4H3,(H3,15,16). The summed E-state index contributed by atoms with van der Waals surface area (Å²) in [7, 11) is 4.39. The second-order valence-corrected chi connectivity index (χ2v) is 6.56. The number of amidine groups is 1. The van der Waals surface area contributed by atoms with Crippen LogP contribution in [0.15, 0.2) is 0 Å². The SMILES string of the molecule is CN1CCC(CN(C)CCC(C)(C)C(=N)N)CC1. The summed E-state index contributed by atoms with van der Waals surface area (Å²) in [4.78, 5) is 4.82. The topological polar surface area (TPSA) is 56.4 Å². The lowest BCUT2D eigenvalue weighted by molar-refractivity contribution is 0.170. The molecule has 0 aromatic heterocycles. The number of nitrogens with one attached hydrogen (secondary N) is 1. The maximum Gasteiger partial charge on any atom is 0.0963 e. The van der Waals surface area contributed by atoms with Gasteiger partial charge in [0.15, 0.2) is 0 Å². The van der Waals surface area contributed by atoms with E-state index in [2.05, 4.69) is 37.7 Å². The molecule has 1 rings (SSSR count). The molecule has 0 atom stereocenters. The van der Waals surface area contributed by atoms with E-state index in [0.717, 1.165) is 18.9 Å². The van der Waals surface area contributed by atoms with Crippen LogP contribution in [0, 0.1) is 16.7 Å². The van der Waals surface area contributed by atoms with Crippen molar-refractivity contribution in [3.8, 4) is 0 Å². The van der Waals surface area contributed by atoms with E-state index in [0.29, 0.717) is 5.84 Å². The molecule has 0 radical (unpaired) electrons. The summed E-state index contributed by atoms with van der Waals surface area (Å²) in [5.41, 5.74) is 5.45. The van der Waals surface area contributed by atoms with E-state index >= 15 is 0 Å². The Hall–Kier alpha value is -0.610. The Morgan fingerprint density at radius 3 is 2.44 bits per heavy atom. The van der Waals surface area contributed by atoms with Crippen LogP contribution in [-0.2, 0) is 0 Å². The Kier molecular flexibility index (Phi) is 5.60. The number of likely N-dealkylation sites (tertiary alicyclic amines) is 1. The van der Waals surface area contributed by atoms with E-state index in [1.54, 1.807) is 0 Å². The van der Waals surface area contributed by atoms with Gasteiger partial charge in [0.05, 0.1) is 5.84 Å². The molecule has 1 saturated heterocycles. The highest BCUT2D eigenvalue weighted by Crippen LogP contribution is 2.21. The summed E-state index contributed by atoms with van der Waals surface area (Å²) in [5.74, 6) is 1.14. The Labute approximate surface area is 112 Å². The Balaban J connectivity index is 2.25. The van der Waals surface area contributed by atoms with Crippen LogP contribution in [0.2, 0.25) is 0 Å². The van der Waals surface area contributed by atoms with Gasteiger partial charge in [-0.3, -0.25) is 5.41 Å². The zero-order valence-electron chi connectivity index (χ0n) is 12.5. The van der Waals surface area contributed by atoms with Gasteiger partial charge in [-0.15, -0.1) is 0 Å². The molecule has 106 valence electrons. The van der Waals surface area contributed by atoms with Crippen LogP contribution in [0.5, 0.6) is 0 Å². The monoisotopic (exact) mass is 254 g/mol. The maximum absolute atomic E-state index is 7.57. The van der Waals surface area contributed by atoms with Crippen molar-refractivity contribution in [1.82, 2.24) is 9.80 Å². The highest BCUT2D eigenvalue weighted by molar-refractivity contribution is 5.82. The first kappa shape index (κ1) is 15.4. The Bertz CT molecular complexity index is 267. The number of hydrogen-bond acceptors (Lipinski definition) is 3. The lowest BCUT2D eigenvalue weighted by Crippen LogP contribution is -2.38. The molecule has 18 heavy (non-hydrogen) atoms. The smallest absolute Gasteiger partial charge is 0.0963 e. The largest absolute Gasteiger partial charge is 0.387 e. The molecule has 0 aromatic carbocycles. The molecule has 3 N–H and O–H groups in total. The van der Waals surface area contributed by atoms with Crippen LogP contribution in [0.25, 0.3) is 0 Å². The fraction of sp³-hybridized carbons (Fsp3) is 0.929. The van der Waals surface area contributed by atoms with Crippen molar-refractivity contribution in [1.29, 1.82) is 5.41 Å². The molecule has 4 heteroatoms. The number of nitrogens with two attached hydrogens (primary N) is 1. The lowest BCUT2D eigenvalue weighted by Gasteiger charge is -2.33. The van der Waals surface area contributed by atoms with E-state index in [9.17, 15) is 0 Å². The molecule has 0 aliphatic carbocycles. The third-order valence-electron chi connectivity index (χ3n) is 4.26. The molecule has 0 aromatic rings. The quantitative estimate of drug-likeness (QED) is 0.559. The first-order valence-electron chi connectivity index (χ1n) is 7.03. The first-order valence-corrected chi connectivity index (χ1v) is 7.03. The van der Waals surface area contributed by atoms with Gasteiger partial charge in [-0.05, 0) is 58.9 Å². The second kappa shape index (κ2) is 6.53. The van der Waals surface area contributed by atoms with Crippen molar-refractivity contribution in [2.45, 2.75) is 33.1 Å². The predicted octanol–water partition coefficient (Wildman–Crippen LogP) is 1.61. The average molecular weight is 254 g/mol. The number of nitrogens with zero attached hydrogens (tertiary/aromatic N) is 2. The minimum absolute atomic E-state index is 0.166. The van der Waals surface area contributed by atoms with E-state index in [1.807, 2.05) is 0 Å². The van der Waals surface area contributed by atoms with Crippen LogP contribution < -0.4 is 5.73 Å². The van der Waals surface area contributed by atoms with Crippen molar-refractivity contribution >= 4 is 5.84 Å². The van der Waals surface area contributed by atoms with Gasteiger partial charge in [-0.1, -0.05) is 13.8 Å². The number of rotatable bonds is 6. The molecule has 0 amide bonds. The third-order valence-corrected chi connectivity index (χ3v) is 4.26. The van der Waals surface area contributed by atoms with Gasteiger partial charge in [0.2, 0.25) is 0 Å². The van der Waals surface area contributed by atoms with Crippen LogP contribution in [0.3, 0.4) is 0 Å². The summed E-state index contributed by atoms with van der Waals surface area (Å²) in [6, 6.07) is 0. The first-order chi connectivity index (χ1) is 8.31. The molecule has 0 spiro atoms. The van der Waals surface area contributed by atoms with Crippen molar-refractivity contribution < 1.29 is 0 Å². The fourth-order valence-electron chi connectivity index (χ4n) is 2.38. The highest BCUT2D eigenvalue weighted by Gasteiger charge is 2.23. The molecule has 4 nitrogen and oxygen atoms in total. The number of hydrogen-bond donors (Lipinski definition) is 2. The third kappa shape index (κ3) is 4.94. The minimum Gasteiger partial charge on any atom is -0.387 e. The van der Waals surface area contributed by atoms with Gasteiger partial charge in [-0.2, -0.15) is 0 Å². The van der Waals surface area contributed by atoms with Crippen LogP contribution in [-0.4, -0.2) is 55.9 Å². The van der Waals surface area contributed by atoms with Crippen molar-refractivity contribution in [2.75, 3.05) is 40.3 Å². The van der Waals surface area contributed by atoms with Gasteiger partial charge >= 0.3 is 0 Å². The van der Waals surface area contributed by atoms with Crippen molar-refractivity contribution in [3.63, 3.8) is 0 Å². The summed E-state index contributed by atoms with van der Waals surface area (Å²) in [6.07, 6.45) is 3.60. The highest BCUT2D eigenvalue weighted by atomic mass is 15.1. The Morgan fingerprint density at radius 1 is 1.39 bits per heavy atom. The van der Waals surface area contributed by atoms with Crippen LogP contribution in [0.1, 0.15) is 33.1 Å². The van der Waals surface area contributed by atoms with Gasteiger partial charge < -0.3 is 15.5 Å². The molecule has 0 bridgehead atoms. The fourth-order valence-corrected chi connectivity index (χ4v) is 2.38.